The van der Waals surface area contributed by atoms with Gasteiger partial charge >= 0.3 is 5.76 Å². The molecule has 26 heavy (non-hydrogen) atoms. The van der Waals surface area contributed by atoms with Crippen LogP contribution in [-0.4, -0.2) is 38.1 Å². The van der Waals surface area contributed by atoms with E-state index in [1.807, 2.05) is 17.9 Å². The fourth-order valence-corrected chi connectivity index (χ4v) is 4.02. The largest absolute Gasteiger partial charge is 0.341 e. The van der Waals surface area contributed by atoms with Gasteiger partial charge in [-0.15, -0.1) is 11.3 Å². The molecular weight excluding hydrogens is 406 g/mol. The number of alkyl halides is 2. The zero-order valence-electron chi connectivity index (χ0n) is 13.8. The first-order valence-electron chi connectivity index (χ1n) is 7.61. The normalized spacial score (nSPS) is 11.9. The average Bonchev–Trinajstić information content (AvgIpc) is 2.99. The van der Waals surface area contributed by atoms with Crippen LogP contribution in [0.3, 0.4) is 0 Å². The molecule has 0 atom stereocenters. The summed E-state index contributed by atoms with van der Waals surface area (Å²) in [5.41, 5.74) is 0.332. The first-order chi connectivity index (χ1) is 12.2. The molecule has 0 aliphatic heterocycles. The zero-order chi connectivity index (χ0) is 19.3. The van der Waals surface area contributed by atoms with Crippen LogP contribution >= 0.6 is 22.9 Å². The van der Waals surface area contributed by atoms with Gasteiger partial charge in [0.05, 0.1) is 15.8 Å². The number of hydrogen-bond donors (Lipinski definition) is 1. The summed E-state index contributed by atoms with van der Waals surface area (Å²) in [5, 5.41) is 2.62. The van der Waals surface area contributed by atoms with Crippen LogP contribution in [0.25, 0.3) is 0 Å². The number of carbonyl (C=O) groups excluding carboxylic acids is 1. The monoisotopic (exact) mass is 422 g/mol. The number of halogens is 3. The fourth-order valence-electron chi connectivity index (χ4n) is 2.17. The minimum absolute atomic E-state index is 0.128. The third-order valence-electron chi connectivity index (χ3n) is 3.52. The van der Waals surface area contributed by atoms with E-state index in [9.17, 15) is 22.0 Å². The Morgan fingerprint density at radius 3 is 2.38 bits per heavy atom. The standard InChI is InChI=1S/C16H17ClF2N2O3S2/c1-2-21(9-12-5-8-14(17)25-12)10-15(22)20-11-3-6-13(7-4-11)26(23,24)16(18)19/h3-8,16H,2,9-10H2,1H3,(H,20,22). The van der Waals surface area contributed by atoms with Gasteiger partial charge in [0, 0.05) is 17.1 Å². The number of carbonyl (C=O) groups is 1. The van der Waals surface area contributed by atoms with Gasteiger partial charge < -0.3 is 5.32 Å². The Balaban J connectivity index is 1.96. The van der Waals surface area contributed by atoms with Crippen molar-refractivity contribution in [2.45, 2.75) is 24.1 Å². The van der Waals surface area contributed by atoms with Gasteiger partial charge in [-0.25, -0.2) is 8.42 Å². The first kappa shape index (κ1) is 20.8. The highest BCUT2D eigenvalue weighted by atomic mass is 35.5. The fraction of sp³-hybridized carbons (Fsp3) is 0.312. The molecule has 0 saturated carbocycles. The second kappa shape index (κ2) is 8.90. The Bertz CT molecular complexity index is 855. The number of likely N-dealkylation sites (N-methyl/N-ethyl adjacent to an activating group) is 1. The number of sulfone groups is 1. The summed E-state index contributed by atoms with van der Waals surface area (Å²) in [6, 6.07) is 8.34. The van der Waals surface area contributed by atoms with E-state index in [1.165, 1.54) is 23.5 Å². The third kappa shape index (κ3) is 5.47. The average molecular weight is 423 g/mol. The summed E-state index contributed by atoms with van der Waals surface area (Å²) in [6.07, 6.45) is 0. The lowest BCUT2D eigenvalue weighted by Crippen LogP contribution is -2.32. The molecule has 2 rings (SSSR count). The summed E-state index contributed by atoms with van der Waals surface area (Å²) in [7, 11) is -4.64. The summed E-state index contributed by atoms with van der Waals surface area (Å²) in [4.78, 5) is 14.6. The molecule has 10 heteroatoms. The third-order valence-corrected chi connectivity index (χ3v) is 6.14. The SMILES string of the molecule is CCN(CC(=O)Nc1ccc(S(=O)(=O)C(F)F)cc1)Cc1ccc(Cl)s1. The topological polar surface area (TPSA) is 66.5 Å². The van der Waals surface area contributed by atoms with E-state index in [1.54, 1.807) is 6.07 Å². The van der Waals surface area contributed by atoms with Crippen LogP contribution in [0, 0.1) is 0 Å². The molecule has 1 heterocycles. The predicted octanol–water partition coefficient (Wildman–Crippen LogP) is 3.86. The van der Waals surface area contributed by atoms with Gasteiger partial charge in [-0.3, -0.25) is 9.69 Å². The van der Waals surface area contributed by atoms with Crippen LogP contribution in [0.15, 0.2) is 41.3 Å². The Morgan fingerprint density at radius 1 is 1.23 bits per heavy atom. The minimum atomic E-state index is -4.64. The number of nitrogens with one attached hydrogen (secondary N) is 1. The van der Waals surface area contributed by atoms with E-state index in [0.29, 0.717) is 23.1 Å². The predicted molar refractivity (Wildman–Crippen MR) is 98.5 cm³/mol. The number of anilines is 1. The maximum absolute atomic E-state index is 12.5. The Labute approximate surface area is 159 Å². The number of rotatable bonds is 8. The zero-order valence-corrected chi connectivity index (χ0v) is 16.2. The van der Waals surface area contributed by atoms with Crippen molar-refractivity contribution in [3.8, 4) is 0 Å². The highest BCUT2D eigenvalue weighted by molar-refractivity contribution is 7.91. The molecule has 1 aromatic carbocycles. The molecule has 1 amide bonds. The number of hydrogen-bond acceptors (Lipinski definition) is 5. The summed E-state index contributed by atoms with van der Waals surface area (Å²) < 4.78 is 48.4. The maximum Gasteiger partial charge on any atom is 0.341 e. The van der Waals surface area contributed by atoms with E-state index in [-0.39, 0.29) is 12.5 Å². The van der Waals surface area contributed by atoms with Gasteiger partial charge in [0.15, 0.2) is 0 Å². The Hall–Kier alpha value is -1.55. The number of amides is 1. The van der Waals surface area contributed by atoms with E-state index >= 15 is 0 Å². The van der Waals surface area contributed by atoms with Crippen molar-refractivity contribution in [2.24, 2.45) is 0 Å². The molecule has 0 saturated heterocycles. The van der Waals surface area contributed by atoms with Gasteiger partial charge in [0.2, 0.25) is 15.7 Å². The number of benzene rings is 1. The molecule has 2 aromatic rings. The number of nitrogens with zero attached hydrogens (tertiary/aromatic N) is 1. The molecule has 1 aromatic heterocycles. The molecule has 0 radical (unpaired) electrons. The quantitative estimate of drug-likeness (QED) is 0.701. The molecule has 0 aliphatic carbocycles. The van der Waals surface area contributed by atoms with E-state index in [4.69, 9.17) is 11.6 Å². The van der Waals surface area contributed by atoms with Crippen molar-refractivity contribution in [2.75, 3.05) is 18.4 Å². The van der Waals surface area contributed by atoms with Gasteiger partial charge in [-0.1, -0.05) is 18.5 Å². The van der Waals surface area contributed by atoms with E-state index in [0.717, 1.165) is 17.0 Å². The molecule has 0 unspecified atom stereocenters. The molecule has 0 bridgehead atoms. The van der Waals surface area contributed by atoms with Gasteiger partial charge in [0.25, 0.3) is 0 Å². The summed E-state index contributed by atoms with van der Waals surface area (Å²) in [5.74, 6) is -3.77. The molecular formula is C16H17ClF2N2O3S2. The molecule has 5 nitrogen and oxygen atoms in total. The highest BCUT2D eigenvalue weighted by Crippen LogP contribution is 2.23. The molecule has 0 aliphatic rings. The van der Waals surface area contributed by atoms with Crippen LogP contribution in [0.2, 0.25) is 4.34 Å². The molecule has 1 N–H and O–H groups in total. The van der Waals surface area contributed by atoms with Crippen molar-refractivity contribution >= 4 is 44.4 Å². The van der Waals surface area contributed by atoms with Gasteiger partial charge in [0.1, 0.15) is 0 Å². The smallest absolute Gasteiger partial charge is 0.325 e. The van der Waals surface area contributed by atoms with Gasteiger partial charge in [-0.2, -0.15) is 8.78 Å². The van der Waals surface area contributed by atoms with Crippen LogP contribution in [0.1, 0.15) is 11.8 Å². The van der Waals surface area contributed by atoms with Crippen molar-refractivity contribution < 1.29 is 22.0 Å². The van der Waals surface area contributed by atoms with Crippen molar-refractivity contribution in [1.82, 2.24) is 4.90 Å². The Morgan fingerprint density at radius 2 is 1.88 bits per heavy atom. The molecule has 0 fully saturated rings. The summed E-state index contributed by atoms with van der Waals surface area (Å²) in [6.45, 7) is 3.27. The Kier molecular flexibility index (Phi) is 7.10. The lowest BCUT2D eigenvalue weighted by molar-refractivity contribution is -0.117. The second-order valence-corrected chi connectivity index (χ2v) is 9.10. The first-order valence-corrected chi connectivity index (χ1v) is 10.3. The van der Waals surface area contributed by atoms with Crippen LogP contribution < -0.4 is 5.32 Å². The van der Waals surface area contributed by atoms with Crippen LogP contribution in [-0.2, 0) is 21.2 Å². The van der Waals surface area contributed by atoms with E-state index in [2.05, 4.69) is 5.32 Å². The van der Waals surface area contributed by atoms with Crippen molar-refractivity contribution in [3.05, 3.63) is 45.6 Å². The lowest BCUT2D eigenvalue weighted by atomic mass is 10.3. The number of thiophene rings is 1. The summed E-state index contributed by atoms with van der Waals surface area (Å²) >= 11 is 7.34. The molecule has 142 valence electrons. The van der Waals surface area contributed by atoms with Crippen molar-refractivity contribution in [1.29, 1.82) is 0 Å². The van der Waals surface area contributed by atoms with Crippen LogP contribution in [0.5, 0.6) is 0 Å². The van der Waals surface area contributed by atoms with Crippen molar-refractivity contribution in [3.63, 3.8) is 0 Å². The minimum Gasteiger partial charge on any atom is -0.325 e. The molecule has 0 spiro atoms. The van der Waals surface area contributed by atoms with Crippen LogP contribution in [0.4, 0.5) is 14.5 Å². The lowest BCUT2D eigenvalue weighted by Gasteiger charge is -2.19. The second-order valence-electron chi connectivity index (χ2n) is 5.39. The van der Waals surface area contributed by atoms with E-state index < -0.39 is 20.5 Å². The highest BCUT2D eigenvalue weighted by Gasteiger charge is 2.26. The van der Waals surface area contributed by atoms with Gasteiger partial charge in [-0.05, 0) is 42.9 Å². The maximum atomic E-state index is 12.5.